The van der Waals surface area contributed by atoms with Crippen molar-refractivity contribution in [3.8, 4) is 0 Å². The van der Waals surface area contributed by atoms with Crippen LogP contribution in [-0.2, 0) is 14.3 Å². The van der Waals surface area contributed by atoms with Gasteiger partial charge in [-0.15, -0.1) is 0 Å². The van der Waals surface area contributed by atoms with Crippen molar-refractivity contribution in [2.24, 2.45) is 0 Å². The molecule has 0 aromatic heterocycles. The van der Waals surface area contributed by atoms with E-state index in [1.807, 2.05) is 19.1 Å². The van der Waals surface area contributed by atoms with Gasteiger partial charge in [0.2, 0.25) is 0 Å². The molecular weight excluding hydrogens is 324 g/mol. The number of rotatable bonds is 3. The SMILES string of the molecule is Cc1ccc(NC(=O)C(=O)NCC2CCCO2)c(Br)c1. The fourth-order valence-electron chi connectivity index (χ4n) is 1.99. The van der Waals surface area contributed by atoms with Crippen LogP contribution in [0.4, 0.5) is 5.69 Å². The number of hydrogen-bond acceptors (Lipinski definition) is 3. The Hall–Kier alpha value is -1.40. The van der Waals surface area contributed by atoms with Crippen LogP contribution in [-0.4, -0.2) is 31.1 Å². The molecule has 1 aromatic rings. The summed E-state index contributed by atoms with van der Waals surface area (Å²) < 4.78 is 6.13. The highest BCUT2D eigenvalue weighted by Gasteiger charge is 2.19. The summed E-state index contributed by atoms with van der Waals surface area (Å²) in [5, 5.41) is 5.16. The Bertz CT molecular complexity index is 513. The van der Waals surface area contributed by atoms with Crippen LogP contribution in [0.3, 0.4) is 0 Å². The fourth-order valence-corrected chi connectivity index (χ4v) is 2.59. The second-order valence-electron chi connectivity index (χ2n) is 4.78. The van der Waals surface area contributed by atoms with E-state index in [1.54, 1.807) is 6.07 Å². The van der Waals surface area contributed by atoms with E-state index in [4.69, 9.17) is 4.74 Å². The van der Waals surface area contributed by atoms with Crippen molar-refractivity contribution in [2.75, 3.05) is 18.5 Å². The van der Waals surface area contributed by atoms with Crippen LogP contribution in [0.5, 0.6) is 0 Å². The Morgan fingerprint density at radius 3 is 2.85 bits per heavy atom. The van der Waals surface area contributed by atoms with E-state index in [0.717, 1.165) is 29.5 Å². The van der Waals surface area contributed by atoms with Crippen LogP contribution in [0, 0.1) is 6.92 Å². The lowest BCUT2D eigenvalue weighted by Gasteiger charge is -2.11. The molecular formula is C14H17BrN2O3. The Balaban J connectivity index is 1.85. The summed E-state index contributed by atoms with van der Waals surface area (Å²) in [6.45, 7) is 3.05. The van der Waals surface area contributed by atoms with Gasteiger partial charge < -0.3 is 15.4 Å². The number of anilines is 1. The van der Waals surface area contributed by atoms with E-state index in [-0.39, 0.29) is 6.10 Å². The quantitative estimate of drug-likeness (QED) is 0.827. The number of halogens is 1. The molecule has 0 bridgehead atoms. The third kappa shape index (κ3) is 4.05. The van der Waals surface area contributed by atoms with E-state index >= 15 is 0 Å². The van der Waals surface area contributed by atoms with Crippen molar-refractivity contribution in [1.29, 1.82) is 0 Å². The van der Waals surface area contributed by atoms with E-state index in [0.29, 0.717) is 12.2 Å². The van der Waals surface area contributed by atoms with Gasteiger partial charge in [0.1, 0.15) is 0 Å². The first kappa shape index (κ1) is 15.0. The lowest BCUT2D eigenvalue weighted by Crippen LogP contribution is -2.39. The average Bonchev–Trinajstić information content (AvgIpc) is 2.92. The van der Waals surface area contributed by atoms with Gasteiger partial charge >= 0.3 is 11.8 Å². The minimum Gasteiger partial charge on any atom is -0.376 e. The van der Waals surface area contributed by atoms with Crippen molar-refractivity contribution >= 4 is 33.4 Å². The largest absolute Gasteiger partial charge is 0.376 e. The Morgan fingerprint density at radius 2 is 2.20 bits per heavy atom. The second kappa shape index (κ2) is 6.85. The average molecular weight is 341 g/mol. The van der Waals surface area contributed by atoms with E-state index in [9.17, 15) is 9.59 Å². The first-order valence-electron chi connectivity index (χ1n) is 6.53. The molecule has 0 aliphatic carbocycles. The van der Waals surface area contributed by atoms with Gasteiger partial charge in [-0.1, -0.05) is 6.07 Å². The minimum absolute atomic E-state index is 0.0258. The van der Waals surface area contributed by atoms with Gasteiger partial charge in [-0.2, -0.15) is 0 Å². The molecule has 2 amide bonds. The molecule has 0 radical (unpaired) electrons. The number of hydrogen-bond donors (Lipinski definition) is 2. The molecule has 1 aliphatic rings. The molecule has 20 heavy (non-hydrogen) atoms. The van der Waals surface area contributed by atoms with Crippen LogP contribution in [0.1, 0.15) is 18.4 Å². The molecule has 1 aliphatic heterocycles. The predicted octanol–water partition coefficient (Wildman–Crippen LogP) is 1.99. The number of benzene rings is 1. The third-order valence-corrected chi connectivity index (χ3v) is 3.75. The van der Waals surface area contributed by atoms with Gasteiger partial charge in [0.25, 0.3) is 0 Å². The van der Waals surface area contributed by atoms with Gasteiger partial charge in [-0.05, 0) is 53.4 Å². The summed E-state index contributed by atoms with van der Waals surface area (Å²) in [6, 6.07) is 5.50. The highest BCUT2D eigenvalue weighted by molar-refractivity contribution is 9.10. The molecule has 108 valence electrons. The molecule has 0 saturated carbocycles. The number of amides is 2. The van der Waals surface area contributed by atoms with Crippen LogP contribution < -0.4 is 10.6 Å². The highest BCUT2D eigenvalue weighted by Crippen LogP contribution is 2.23. The van der Waals surface area contributed by atoms with Gasteiger partial charge in [0.15, 0.2) is 0 Å². The molecule has 1 heterocycles. The monoisotopic (exact) mass is 340 g/mol. The normalized spacial score (nSPS) is 17.8. The molecule has 0 spiro atoms. The summed E-state index contributed by atoms with van der Waals surface area (Å²) in [5.74, 6) is -1.32. The van der Waals surface area contributed by atoms with Crippen molar-refractivity contribution in [3.05, 3.63) is 28.2 Å². The Kier molecular flexibility index (Phi) is 5.14. The van der Waals surface area contributed by atoms with Gasteiger partial charge in [0, 0.05) is 17.6 Å². The fraction of sp³-hybridized carbons (Fsp3) is 0.429. The van der Waals surface area contributed by atoms with Crippen LogP contribution in [0.2, 0.25) is 0 Å². The maximum Gasteiger partial charge on any atom is 0.313 e. The zero-order valence-corrected chi connectivity index (χ0v) is 12.8. The van der Waals surface area contributed by atoms with Gasteiger partial charge in [0.05, 0.1) is 11.8 Å². The summed E-state index contributed by atoms with van der Waals surface area (Å²) >= 11 is 3.35. The minimum atomic E-state index is -0.674. The van der Waals surface area contributed by atoms with Crippen LogP contribution in [0.25, 0.3) is 0 Å². The van der Waals surface area contributed by atoms with Crippen LogP contribution >= 0.6 is 15.9 Å². The van der Waals surface area contributed by atoms with Gasteiger partial charge in [-0.3, -0.25) is 9.59 Å². The first-order valence-corrected chi connectivity index (χ1v) is 7.32. The molecule has 5 nitrogen and oxygen atoms in total. The summed E-state index contributed by atoms with van der Waals surface area (Å²) in [5.41, 5.74) is 1.64. The zero-order chi connectivity index (χ0) is 14.5. The molecule has 2 N–H and O–H groups in total. The van der Waals surface area contributed by atoms with Crippen molar-refractivity contribution in [2.45, 2.75) is 25.9 Å². The number of aryl methyl sites for hydroxylation is 1. The molecule has 1 saturated heterocycles. The Morgan fingerprint density at radius 1 is 1.40 bits per heavy atom. The molecule has 2 rings (SSSR count). The number of carbonyl (C=O) groups is 2. The van der Waals surface area contributed by atoms with Crippen molar-refractivity contribution in [3.63, 3.8) is 0 Å². The van der Waals surface area contributed by atoms with Crippen LogP contribution in [0.15, 0.2) is 22.7 Å². The summed E-state index contributed by atoms with van der Waals surface area (Å²) in [7, 11) is 0. The molecule has 1 fully saturated rings. The van der Waals surface area contributed by atoms with Crippen molar-refractivity contribution in [1.82, 2.24) is 5.32 Å². The van der Waals surface area contributed by atoms with E-state index in [2.05, 4.69) is 26.6 Å². The van der Waals surface area contributed by atoms with Crippen molar-refractivity contribution < 1.29 is 14.3 Å². The molecule has 1 unspecified atom stereocenters. The van der Waals surface area contributed by atoms with Gasteiger partial charge in [-0.25, -0.2) is 0 Å². The highest BCUT2D eigenvalue weighted by atomic mass is 79.9. The lowest BCUT2D eigenvalue weighted by atomic mass is 10.2. The number of carbonyl (C=O) groups excluding carboxylic acids is 2. The number of ether oxygens (including phenoxy) is 1. The van der Waals surface area contributed by atoms with E-state index < -0.39 is 11.8 Å². The predicted molar refractivity (Wildman–Crippen MR) is 79.5 cm³/mol. The molecule has 1 atom stereocenters. The smallest absolute Gasteiger partial charge is 0.313 e. The molecule has 1 aromatic carbocycles. The maximum atomic E-state index is 11.8. The number of nitrogens with one attached hydrogen (secondary N) is 2. The molecule has 6 heteroatoms. The maximum absolute atomic E-state index is 11.8. The third-order valence-electron chi connectivity index (χ3n) is 3.09. The first-order chi connectivity index (χ1) is 9.56. The Labute approximate surface area is 126 Å². The second-order valence-corrected chi connectivity index (χ2v) is 5.64. The summed E-state index contributed by atoms with van der Waals surface area (Å²) in [4.78, 5) is 23.5. The standard InChI is InChI=1S/C14H17BrN2O3/c1-9-4-5-12(11(15)7-9)17-14(19)13(18)16-8-10-3-2-6-20-10/h4-5,7,10H,2-3,6,8H2,1H3,(H,16,18)(H,17,19). The summed E-state index contributed by atoms with van der Waals surface area (Å²) in [6.07, 6.45) is 1.95. The topological polar surface area (TPSA) is 67.4 Å². The lowest BCUT2D eigenvalue weighted by molar-refractivity contribution is -0.136. The zero-order valence-electron chi connectivity index (χ0n) is 11.2. The van der Waals surface area contributed by atoms with E-state index in [1.165, 1.54) is 0 Å².